The zero-order chi connectivity index (χ0) is 21.5. The van der Waals surface area contributed by atoms with Crippen LogP contribution in [0, 0.1) is 0 Å². The fourth-order valence-corrected chi connectivity index (χ4v) is 4.94. The average molecular weight is 427 g/mol. The predicted molar refractivity (Wildman–Crippen MR) is 115 cm³/mol. The van der Waals surface area contributed by atoms with Crippen molar-refractivity contribution < 1.29 is 13.2 Å². The van der Waals surface area contributed by atoms with Gasteiger partial charge in [-0.05, 0) is 41.7 Å². The number of aromatic nitrogens is 2. The van der Waals surface area contributed by atoms with Gasteiger partial charge in [-0.2, -0.15) is 4.72 Å². The van der Waals surface area contributed by atoms with Crippen molar-refractivity contribution in [3.8, 4) is 0 Å². The SMILES string of the molecule is CC(C)(C)c1ccc(S(=O)(=O)N[C@H]2CCN(Cc3cc4cnccc4[nH]3)C2=O)cc1. The van der Waals surface area contributed by atoms with E-state index in [1.165, 1.54) is 0 Å². The Morgan fingerprint density at radius 2 is 1.93 bits per heavy atom. The van der Waals surface area contributed by atoms with Crippen molar-refractivity contribution in [2.45, 2.75) is 50.1 Å². The number of hydrogen-bond donors (Lipinski definition) is 2. The zero-order valence-electron chi connectivity index (χ0n) is 17.3. The van der Waals surface area contributed by atoms with Crippen LogP contribution in [0.25, 0.3) is 10.9 Å². The van der Waals surface area contributed by atoms with Crippen molar-refractivity contribution in [3.05, 3.63) is 60.0 Å². The van der Waals surface area contributed by atoms with Gasteiger partial charge in [0.2, 0.25) is 15.9 Å². The number of carbonyl (C=O) groups excluding carboxylic acids is 1. The summed E-state index contributed by atoms with van der Waals surface area (Å²) in [6.45, 7) is 7.13. The second-order valence-electron chi connectivity index (χ2n) is 8.75. The van der Waals surface area contributed by atoms with Gasteiger partial charge >= 0.3 is 0 Å². The Morgan fingerprint density at radius 1 is 1.20 bits per heavy atom. The molecule has 7 nitrogen and oxygen atoms in total. The molecule has 1 fully saturated rings. The number of sulfonamides is 1. The molecule has 0 bridgehead atoms. The summed E-state index contributed by atoms with van der Waals surface area (Å²) >= 11 is 0. The number of H-pyrrole nitrogens is 1. The standard InChI is InChI=1S/C22H26N4O3S/c1-22(2,3)16-4-6-18(7-5-16)30(28,29)25-20-9-11-26(21(20)27)14-17-12-15-13-23-10-8-19(15)24-17/h4-8,10,12-13,20,24-25H,9,11,14H2,1-3H3/t20-/m0/s1. The number of rotatable bonds is 5. The van der Waals surface area contributed by atoms with Crippen molar-refractivity contribution in [1.29, 1.82) is 0 Å². The van der Waals surface area contributed by atoms with Gasteiger partial charge in [0, 0.05) is 35.5 Å². The van der Waals surface area contributed by atoms with Crippen LogP contribution in [0.2, 0.25) is 0 Å². The Balaban J connectivity index is 1.44. The largest absolute Gasteiger partial charge is 0.357 e. The fourth-order valence-electron chi connectivity index (χ4n) is 3.72. The summed E-state index contributed by atoms with van der Waals surface area (Å²) in [7, 11) is -3.77. The van der Waals surface area contributed by atoms with E-state index >= 15 is 0 Å². The molecular formula is C22H26N4O3S. The van der Waals surface area contributed by atoms with Crippen molar-refractivity contribution in [2.24, 2.45) is 0 Å². The minimum atomic E-state index is -3.77. The molecule has 3 aromatic rings. The minimum Gasteiger partial charge on any atom is -0.357 e. The Bertz CT molecular complexity index is 1140. The van der Waals surface area contributed by atoms with Gasteiger partial charge in [0.1, 0.15) is 6.04 Å². The lowest BCUT2D eigenvalue weighted by atomic mass is 9.87. The quantitative estimate of drug-likeness (QED) is 0.656. The third-order valence-electron chi connectivity index (χ3n) is 5.46. The van der Waals surface area contributed by atoms with Gasteiger partial charge in [-0.25, -0.2) is 8.42 Å². The zero-order valence-corrected chi connectivity index (χ0v) is 18.2. The molecule has 1 aliphatic heterocycles. The lowest BCUT2D eigenvalue weighted by molar-refractivity contribution is -0.129. The van der Waals surface area contributed by atoms with E-state index in [4.69, 9.17) is 0 Å². The van der Waals surface area contributed by atoms with Crippen molar-refractivity contribution >= 4 is 26.8 Å². The van der Waals surface area contributed by atoms with E-state index in [0.717, 1.165) is 22.2 Å². The second kappa shape index (κ2) is 7.52. The summed E-state index contributed by atoms with van der Waals surface area (Å²) in [6, 6.07) is 9.93. The van der Waals surface area contributed by atoms with Crippen LogP contribution in [-0.2, 0) is 26.8 Å². The molecule has 158 valence electrons. The van der Waals surface area contributed by atoms with E-state index in [1.807, 2.05) is 24.3 Å². The Kier molecular flexibility index (Phi) is 5.15. The van der Waals surface area contributed by atoms with E-state index in [2.05, 4.69) is 35.5 Å². The molecule has 0 saturated carbocycles. The number of hydrogen-bond acceptors (Lipinski definition) is 4. The first-order valence-corrected chi connectivity index (χ1v) is 11.4. The van der Waals surface area contributed by atoms with Crippen molar-refractivity contribution in [3.63, 3.8) is 0 Å². The van der Waals surface area contributed by atoms with E-state index in [1.54, 1.807) is 29.4 Å². The fraction of sp³-hybridized carbons (Fsp3) is 0.364. The van der Waals surface area contributed by atoms with E-state index in [0.29, 0.717) is 19.5 Å². The second-order valence-corrected chi connectivity index (χ2v) is 10.5. The summed E-state index contributed by atoms with van der Waals surface area (Å²) in [6.07, 6.45) is 3.92. The molecule has 1 saturated heterocycles. The highest BCUT2D eigenvalue weighted by atomic mass is 32.2. The number of fused-ring (bicyclic) bond motifs is 1. The maximum atomic E-state index is 12.8. The van der Waals surface area contributed by atoms with Gasteiger partial charge in [0.05, 0.1) is 11.4 Å². The van der Waals surface area contributed by atoms with E-state index in [9.17, 15) is 13.2 Å². The van der Waals surface area contributed by atoms with Crippen molar-refractivity contribution in [1.82, 2.24) is 19.6 Å². The van der Waals surface area contributed by atoms with Crippen LogP contribution in [0.5, 0.6) is 0 Å². The molecule has 2 aromatic heterocycles. The summed E-state index contributed by atoms with van der Waals surface area (Å²) < 4.78 is 28.1. The van der Waals surface area contributed by atoms with Crippen LogP contribution in [0.1, 0.15) is 38.4 Å². The summed E-state index contributed by atoms with van der Waals surface area (Å²) in [5.41, 5.74) is 2.85. The van der Waals surface area contributed by atoms with Gasteiger partial charge < -0.3 is 9.88 Å². The molecule has 4 rings (SSSR count). The molecule has 1 atom stereocenters. The molecule has 1 amide bonds. The third-order valence-corrected chi connectivity index (χ3v) is 6.95. The Morgan fingerprint density at radius 3 is 2.60 bits per heavy atom. The molecule has 3 heterocycles. The molecule has 8 heteroatoms. The molecular weight excluding hydrogens is 400 g/mol. The highest BCUT2D eigenvalue weighted by molar-refractivity contribution is 7.89. The highest BCUT2D eigenvalue weighted by Gasteiger charge is 2.35. The summed E-state index contributed by atoms with van der Waals surface area (Å²) in [4.78, 5) is 22.0. The van der Waals surface area contributed by atoms with Crippen LogP contribution in [0.3, 0.4) is 0 Å². The number of nitrogens with one attached hydrogen (secondary N) is 2. The molecule has 1 aromatic carbocycles. The number of benzene rings is 1. The molecule has 0 radical (unpaired) electrons. The molecule has 0 aliphatic carbocycles. The van der Waals surface area contributed by atoms with Gasteiger partial charge in [-0.3, -0.25) is 9.78 Å². The molecule has 1 aliphatic rings. The maximum Gasteiger partial charge on any atom is 0.241 e. The molecule has 0 spiro atoms. The van der Waals surface area contributed by atoms with Crippen molar-refractivity contribution in [2.75, 3.05) is 6.54 Å². The number of likely N-dealkylation sites (tertiary alicyclic amines) is 1. The first kappa shape index (κ1) is 20.6. The monoisotopic (exact) mass is 426 g/mol. The minimum absolute atomic E-state index is 0.0592. The Labute approximate surface area is 176 Å². The molecule has 0 unspecified atom stereocenters. The molecule has 30 heavy (non-hydrogen) atoms. The van der Waals surface area contributed by atoms with Crippen LogP contribution in [0.4, 0.5) is 0 Å². The normalized spacial score (nSPS) is 17.8. The van der Waals surface area contributed by atoms with E-state index in [-0.39, 0.29) is 16.2 Å². The maximum absolute atomic E-state index is 12.8. The van der Waals surface area contributed by atoms with Gasteiger partial charge in [0.25, 0.3) is 0 Å². The number of aromatic amines is 1. The van der Waals surface area contributed by atoms with Crippen LogP contribution >= 0.6 is 0 Å². The average Bonchev–Trinajstić information content (AvgIpc) is 3.25. The summed E-state index contributed by atoms with van der Waals surface area (Å²) in [5, 5.41) is 0.982. The number of pyridine rings is 1. The van der Waals surface area contributed by atoms with Gasteiger partial charge in [-0.15, -0.1) is 0 Å². The first-order valence-electron chi connectivity index (χ1n) is 9.97. The van der Waals surface area contributed by atoms with Crippen LogP contribution in [-0.4, -0.2) is 41.8 Å². The highest BCUT2D eigenvalue weighted by Crippen LogP contribution is 2.24. The van der Waals surface area contributed by atoms with Crippen LogP contribution in [0.15, 0.2) is 53.7 Å². The lowest BCUT2D eigenvalue weighted by Crippen LogP contribution is -2.41. The topological polar surface area (TPSA) is 95.2 Å². The van der Waals surface area contributed by atoms with Gasteiger partial charge in [-0.1, -0.05) is 32.9 Å². The summed E-state index contributed by atoms with van der Waals surface area (Å²) in [5.74, 6) is -0.207. The van der Waals surface area contributed by atoms with E-state index < -0.39 is 16.1 Å². The number of amides is 1. The Hall–Kier alpha value is -2.71. The molecule has 2 N–H and O–H groups in total. The third kappa shape index (κ3) is 4.11. The van der Waals surface area contributed by atoms with Crippen LogP contribution < -0.4 is 4.72 Å². The lowest BCUT2D eigenvalue weighted by Gasteiger charge is -2.19. The number of nitrogens with zero attached hydrogens (tertiary/aromatic N) is 2. The first-order chi connectivity index (χ1) is 14.1. The number of carbonyl (C=O) groups is 1. The smallest absolute Gasteiger partial charge is 0.241 e. The predicted octanol–water partition coefficient (Wildman–Crippen LogP) is 2.94. The van der Waals surface area contributed by atoms with Gasteiger partial charge in [0.15, 0.2) is 0 Å².